The number of hydrogen-bond acceptors (Lipinski definition) is 26. The number of H-pyrrole nitrogens is 1. The molecule has 5 aromatic rings. The molecule has 0 unspecified atom stereocenters. The van der Waals surface area contributed by atoms with Gasteiger partial charge in [-0.15, -0.1) is 11.8 Å². The topological polar surface area (TPSA) is 652 Å². The second kappa shape index (κ2) is 58.6. The normalized spacial score (nSPS) is 23.1. The number of rotatable bonds is 30. The number of amides is 19. The summed E-state index contributed by atoms with van der Waals surface area (Å²) < 4.78 is 16.8. The molecule has 0 aliphatic carbocycles. The number of methoxy groups -OCH3 is 1. The van der Waals surface area contributed by atoms with Gasteiger partial charge in [0, 0.05) is 113 Å². The molecule has 47 heteroatoms. The smallest absolute Gasteiger partial charge is 0.407 e. The lowest BCUT2D eigenvalue weighted by molar-refractivity contribution is -0.149. The summed E-state index contributed by atoms with van der Waals surface area (Å²) in [5.41, 5.74) is 13.4. The number of nitrogens with zero attached hydrogens (tertiary/aromatic N) is 5. The van der Waals surface area contributed by atoms with Crippen LogP contribution in [-0.4, -0.2) is 328 Å². The molecule has 145 heavy (non-hydrogen) atoms. The van der Waals surface area contributed by atoms with Crippen molar-refractivity contribution in [2.75, 3.05) is 85.7 Å². The minimum Gasteiger partial charge on any atom is -0.508 e. The SMILES string of the molecule is CCCC[C@H]1C(=O)N(C)[C@@H](CCCC)C(=O)N[C@@H](CC(C)C)C(=O)N[C@H](C(=O)NCC(N)=O)CSCC(=O)N[C@@H](Cc2ccc(O)cc2)C(=O)N(C)[C@@H](C)C(=O)N[C@@H](CC(N)=O)C(=O)NCCCCC(=O)N[C@@H](CNC(=O)OCC)C(=O)N[C@@H](CC(C)C)C(=O)N2C[C@H](O)C[C@H]2C(=O)N[C@@H](Cc2c[nH]c3ccccc23)C(=O)N[C@@H](CCNC(=O)OCC)C(=O)N[C@@H](Cc2cn(CC(=O)OC)c3ccccc23)C(=O)N1C. The Morgan fingerprint density at radius 2 is 1.10 bits per heavy atom. The maximum absolute atomic E-state index is 16.2. The lowest BCUT2D eigenvalue weighted by Crippen LogP contribution is -2.61. The van der Waals surface area contributed by atoms with Crippen molar-refractivity contribution in [1.29, 1.82) is 0 Å². The van der Waals surface area contributed by atoms with Crippen LogP contribution in [0.4, 0.5) is 9.59 Å². The van der Waals surface area contributed by atoms with E-state index in [-0.39, 0.29) is 102 Å². The molecule has 14 atom stereocenters. The zero-order chi connectivity index (χ0) is 107. The van der Waals surface area contributed by atoms with E-state index in [0.29, 0.717) is 57.8 Å². The van der Waals surface area contributed by atoms with Gasteiger partial charge in [-0.2, -0.15) is 0 Å². The first-order valence-electron chi connectivity index (χ1n) is 48.9. The molecule has 2 aromatic heterocycles. The van der Waals surface area contributed by atoms with E-state index in [1.54, 1.807) is 100 Å². The first kappa shape index (κ1) is 118. The minimum atomic E-state index is -1.77. The van der Waals surface area contributed by atoms with Gasteiger partial charge in [0.1, 0.15) is 90.8 Å². The second-order valence-corrected chi connectivity index (χ2v) is 37.9. The molecule has 2 aliphatic heterocycles. The van der Waals surface area contributed by atoms with Gasteiger partial charge in [0.05, 0.1) is 51.7 Å². The Labute approximate surface area is 845 Å². The van der Waals surface area contributed by atoms with Crippen LogP contribution in [0.15, 0.2) is 85.2 Å². The van der Waals surface area contributed by atoms with Crippen LogP contribution in [0.25, 0.3) is 21.8 Å². The molecule has 0 radical (unpaired) electrons. The molecule has 3 aromatic carbocycles. The molecular formula is C98H143N21O25S. The van der Waals surface area contributed by atoms with Crippen molar-refractivity contribution in [2.24, 2.45) is 23.3 Å². The molecule has 0 bridgehead atoms. The van der Waals surface area contributed by atoms with Crippen LogP contribution in [0, 0.1) is 11.8 Å². The first-order chi connectivity index (χ1) is 68.9. The molecule has 46 nitrogen and oxygen atoms in total. The predicted octanol–water partition coefficient (Wildman–Crippen LogP) is -0.280. The van der Waals surface area contributed by atoms with Crippen molar-refractivity contribution in [2.45, 2.75) is 263 Å². The van der Waals surface area contributed by atoms with Gasteiger partial charge in [0.25, 0.3) is 0 Å². The molecule has 4 heterocycles. The fourth-order valence-corrected chi connectivity index (χ4v) is 17.6. The molecule has 19 amide bonds. The summed E-state index contributed by atoms with van der Waals surface area (Å²) in [5, 5.41) is 56.9. The van der Waals surface area contributed by atoms with Crippen molar-refractivity contribution in [3.05, 3.63) is 102 Å². The number of aliphatic hydroxyl groups excluding tert-OH is 1. The Hall–Kier alpha value is -14.2. The average molecular weight is 2050 g/mol. The zero-order valence-corrected chi connectivity index (χ0v) is 85.3. The Morgan fingerprint density at radius 1 is 0.538 bits per heavy atom. The van der Waals surface area contributed by atoms with Gasteiger partial charge in [-0.25, -0.2) is 9.59 Å². The highest BCUT2D eigenvalue weighted by atomic mass is 32.2. The number of phenolic OH excluding ortho intramolecular Hbond substituents is 1. The van der Waals surface area contributed by atoms with Crippen LogP contribution in [0.2, 0.25) is 0 Å². The standard InChI is InChI=1S/C98H143N21O25S/c1-14-18-29-76-91(134)110-67(40-55(5)6)88(131)114-74(86(129)104-49-80(100)123)53-145-54-82(125)106-71(42-58-33-35-61(120)36-34-58)93(136)115(10)57(9)84(127)109-69(46-79(99)122)85(128)101-38-25-24-32-81(124)107-73(48-105-98(141)144-17-4)90(133)112-70(41-56(7)8)95(138)119-51-62(121)45-78(119)92(135)111-68(43-59-47-103-65-28-22-20-26-63(59)65)89(132)108-66(37-39-102-97(140)143-16-3)87(130)113-72(94(137)117(12)77(30-19-15-2)96(139)116(76)11)44-60-50-118(52-83(126)142-13)75-31-23-21-27-64(60)75/h20-23,26-28,31,33-36,47,50,55-57,62,66-74,76-78,103,120-121H,14-19,24-25,29-30,32,37-46,48-49,51-54H2,1-13H3,(H2,99,122)(H2,100,123)(H,101,128)(H,102,140)(H,104,129)(H,105,141)(H,106,125)(H,107,124)(H,108,132)(H,109,127)(H,110,134)(H,111,135)(H,112,133)(H,113,130)(H,114,131)/t57-,62+,66-,67-,68-,69-,70-,71-,72-,73-,74-,76-,77-,78-/m0/s1. The number of carbonyl (C=O) groups is 20. The quantitative estimate of drug-likeness (QED) is 0.0208. The summed E-state index contributed by atoms with van der Waals surface area (Å²) in [5.74, 6) is -18.3. The van der Waals surface area contributed by atoms with E-state index in [9.17, 15) is 72.5 Å². The van der Waals surface area contributed by atoms with Gasteiger partial charge in [0.2, 0.25) is 100 Å². The fraction of sp³-hybridized carbons (Fsp3) is 0.571. The molecule has 20 N–H and O–H groups in total. The number of ether oxygens (including phenoxy) is 3. The number of alkyl carbamates (subject to hydrolysis) is 2. The van der Waals surface area contributed by atoms with Crippen LogP contribution < -0.4 is 80.6 Å². The number of likely N-dealkylation sites (N-methyl/N-ethyl adjacent to an activating group) is 3. The van der Waals surface area contributed by atoms with Crippen molar-refractivity contribution < 1.29 is 120 Å². The second-order valence-electron chi connectivity index (χ2n) is 36.8. The molecule has 0 saturated carbocycles. The maximum Gasteiger partial charge on any atom is 0.407 e. The van der Waals surface area contributed by atoms with Gasteiger partial charge in [-0.3, -0.25) is 86.3 Å². The van der Waals surface area contributed by atoms with E-state index in [2.05, 4.69) is 74.1 Å². The van der Waals surface area contributed by atoms with Gasteiger partial charge in [-0.1, -0.05) is 116 Å². The van der Waals surface area contributed by atoms with Gasteiger partial charge >= 0.3 is 18.2 Å². The highest BCUT2D eigenvalue weighted by Crippen LogP contribution is 2.29. The Balaban J connectivity index is 1.35. The van der Waals surface area contributed by atoms with E-state index in [4.69, 9.17) is 25.7 Å². The molecule has 2 saturated heterocycles. The van der Waals surface area contributed by atoms with E-state index >= 15 is 33.6 Å². The number of aromatic nitrogens is 2. The van der Waals surface area contributed by atoms with Gasteiger partial charge in [0.15, 0.2) is 0 Å². The van der Waals surface area contributed by atoms with Crippen molar-refractivity contribution in [1.82, 2.24) is 98.3 Å². The summed E-state index contributed by atoms with van der Waals surface area (Å²) in [6.45, 7) is 12.0. The number of fused-ring (bicyclic) bond motifs is 3. The lowest BCUT2D eigenvalue weighted by atomic mass is 9.99. The number of aromatic amines is 1. The highest BCUT2D eigenvalue weighted by molar-refractivity contribution is 8.00. The number of nitrogens with two attached hydrogens (primary N) is 2. The van der Waals surface area contributed by atoms with Crippen LogP contribution in [-0.2, 0) is 126 Å². The summed E-state index contributed by atoms with van der Waals surface area (Å²) in [4.78, 5) is 296. The van der Waals surface area contributed by atoms with Gasteiger partial charge < -0.3 is 134 Å². The Kier molecular flexibility index (Phi) is 47.6. The van der Waals surface area contributed by atoms with Crippen LogP contribution >= 0.6 is 11.8 Å². The largest absolute Gasteiger partial charge is 0.508 e. The summed E-state index contributed by atoms with van der Waals surface area (Å²) in [6, 6.07) is -1.04. The number of thioether (sulfide) groups is 1. The van der Waals surface area contributed by atoms with E-state index in [1.807, 2.05) is 13.8 Å². The molecule has 0 spiro atoms. The molecule has 7 rings (SSSR count). The lowest BCUT2D eigenvalue weighted by Gasteiger charge is -2.36. The number of nitrogens with one attached hydrogen (secondary N) is 14. The number of esters is 1. The van der Waals surface area contributed by atoms with Crippen LogP contribution in [0.3, 0.4) is 0 Å². The number of primary amides is 2. The molecule has 2 fully saturated rings. The molecular weight excluding hydrogens is 1900 g/mol. The van der Waals surface area contributed by atoms with E-state index in [1.165, 1.54) is 66.4 Å². The van der Waals surface area contributed by atoms with E-state index in [0.717, 1.165) is 31.4 Å². The molecule has 796 valence electrons. The number of hydrogen-bond donors (Lipinski definition) is 18. The maximum atomic E-state index is 16.2. The van der Waals surface area contributed by atoms with Crippen molar-refractivity contribution in [3.63, 3.8) is 0 Å². The third kappa shape index (κ3) is 36.6. The van der Waals surface area contributed by atoms with E-state index < -0.39 is 273 Å². The number of benzene rings is 3. The third-order valence-electron chi connectivity index (χ3n) is 24.6. The third-order valence-corrected chi connectivity index (χ3v) is 25.7. The van der Waals surface area contributed by atoms with Crippen LogP contribution in [0.5, 0.6) is 5.75 Å². The minimum absolute atomic E-state index is 0.00217. The number of aromatic hydroxyl groups is 1. The number of para-hydroxylation sites is 2. The number of aliphatic hydroxyl groups is 1. The monoisotopic (exact) mass is 2050 g/mol. The molecule has 2 aliphatic rings. The average Bonchev–Trinajstić information content (AvgIpc) is 1.62. The predicted molar refractivity (Wildman–Crippen MR) is 533 cm³/mol. The van der Waals surface area contributed by atoms with Crippen molar-refractivity contribution >= 4 is 152 Å². The number of phenols is 1. The Bertz CT molecular complexity index is 5340. The highest BCUT2D eigenvalue weighted by Gasteiger charge is 2.46. The Morgan fingerprint density at radius 3 is 1.74 bits per heavy atom. The first-order valence-corrected chi connectivity index (χ1v) is 50.0. The van der Waals surface area contributed by atoms with Crippen LogP contribution in [0.1, 0.15) is 169 Å². The summed E-state index contributed by atoms with van der Waals surface area (Å²) in [6.07, 6.45) is -1.79. The number of unbranched alkanes of at least 4 members (excludes halogenated alkanes) is 2. The summed E-state index contributed by atoms with van der Waals surface area (Å²) >= 11 is 0.782. The summed E-state index contributed by atoms with van der Waals surface area (Å²) in [7, 11) is 5.10. The van der Waals surface area contributed by atoms with Gasteiger partial charge in [-0.05, 0) is 119 Å². The zero-order valence-electron chi connectivity index (χ0n) is 84.5. The number of carbonyl (C=O) groups excluding carboxylic acids is 20. The van der Waals surface area contributed by atoms with Crippen molar-refractivity contribution in [3.8, 4) is 5.75 Å². The fourth-order valence-electron chi connectivity index (χ4n) is 16.8.